The van der Waals surface area contributed by atoms with E-state index < -0.39 is 27.1 Å². The molecular weight excluding hydrogens is 306 g/mol. The minimum atomic E-state index is -3.54. The number of sulfone groups is 1. The zero-order chi connectivity index (χ0) is 17.0. The highest BCUT2D eigenvalue weighted by Crippen LogP contribution is 2.26. The summed E-state index contributed by atoms with van der Waals surface area (Å²) in [4.78, 5) is 23.6. The van der Waals surface area contributed by atoms with Gasteiger partial charge in [0.05, 0.1) is 15.9 Å². The van der Waals surface area contributed by atoms with E-state index in [1.165, 1.54) is 18.2 Å². The second-order valence-corrected chi connectivity index (χ2v) is 7.23. The fraction of sp³-hybridized carbons (Fsp3) is 0.467. The summed E-state index contributed by atoms with van der Waals surface area (Å²) in [6.45, 7) is 3.44. The maximum Gasteiger partial charge on any atom is 0.311 e. The molecule has 0 fully saturated rings. The highest BCUT2D eigenvalue weighted by atomic mass is 32.2. The molecule has 0 radical (unpaired) electrons. The normalized spacial score (nSPS) is 12.0. The summed E-state index contributed by atoms with van der Waals surface area (Å²) < 4.78 is 23.4. The van der Waals surface area contributed by atoms with Gasteiger partial charge in [0.1, 0.15) is 0 Å². The molecule has 0 unspecified atom stereocenters. The van der Waals surface area contributed by atoms with Gasteiger partial charge in [-0.1, -0.05) is 26.0 Å². The van der Waals surface area contributed by atoms with Crippen LogP contribution in [0.4, 0.5) is 0 Å². The summed E-state index contributed by atoms with van der Waals surface area (Å²) in [5, 5.41) is 11.9. The Balaban J connectivity index is 3.03. The lowest BCUT2D eigenvalue weighted by atomic mass is 9.82. The molecule has 1 aromatic carbocycles. The van der Waals surface area contributed by atoms with Crippen molar-refractivity contribution in [3.05, 3.63) is 29.8 Å². The predicted molar refractivity (Wildman–Crippen MR) is 82.5 cm³/mol. The topological polar surface area (TPSA) is 101 Å². The van der Waals surface area contributed by atoms with Gasteiger partial charge >= 0.3 is 5.97 Å². The second-order valence-electron chi connectivity index (χ2n) is 5.24. The zero-order valence-electron chi connectivity index (χ0n) is 12.9. The molecule has 0 atom stereocenters. The lowest BCUT2D eigenvalue weighted by Gasteiger charge is -2.27. The summed E-state index contributed by atoms with van der Waals surface area (Å²) in [6.07, 6.45) is 1.76. The number of rotatable bonds is 7. The van der Waals surface area contributed by atoms with Crippen molar-refractivity contribution in [1.29, 1.82) is 0 Å². The molecule has 0 aliphatic carbocycles. The quantitative estimate of drug-likeness (QED) is 0.794. The third-order valence-corrected chi connectivity index (χ3v) is 5.08. The number of carbonyl (C=O) groups excluding carboxylic acids is 1. The van der Waals surface area contributed by atoms with Crippen molar-refractivity contribution in [2.24, 2.45) is 5.41 Å². The Kier molecular flexibility index (Phi) is 5.71. The average molecular weight is 327 g/mol. The van der Waals surface area contributed by atoms with Crippen LogP contribution >= 0.6 is 0 Å². The van der Waals surface area contributed by atoms with Gasteiger partial charge in [-0.2, -0.15) is 0 Å². The maximum absolute atomic E-state index is 12.2. The van der Waals surface area contributed by atoms with Gasteiger partial charge in [-0.25, -0.2) is 8.42 Å². The highest BCUT2D eigenvalue weighted by Gasteiger charge is 2.35. The highest BCUT2D eigenvalue weighted by molar-refractivity contribution is 7.90. The Morgan fingerprint density at radius 2 is 1.73 bits per heavy atom. The molecule has 1 aromatic rings. The molecule has 0 bridgehead atoms. The summed E-state index contributed by atoms with van der Waals surface area (Å²) >= 11 is 0. The van der Waals surface area contributed by atoms with Crippen molar-refractivity contribution in [3.63, 3.8) is 0 Å². The minimum absolute atomic E-state index is 0.0245. The largest absolute Gasteiger partial charge is 0.481 e. The van der Waals surface area contributed by atoms with Gasteiger partial charge in [-0.15, -0.1) is 0 Å². The molecule has 0 aliphatic rings. The van der Waals surface area contributed by atoms with E-state index >= 15 is 0 Å². The first kappa shape index (κ1) is 18.2. The molecular formula is C15H21NO5S. The van der Waals surface area contributed by atoms with Gasteiger partial charge < -0.3 is 10.4 Å². The first-order valence-electron chi connectivity index (χ1n) is 6.98. The van der Waals surface area contributed by atoms with Crippen molar-refractivity contribution >= 4 is 21.7 Å². The molecule has 1 amide bonds. The van der Waals surface area contributed by atoms with Crippen LogP contribution in [0.1, 0.15) is 37.0 Å². The molecule has 122 valence electrons. The summed E-state index contributed by atoms with van der Waals surface area (Å²) in [5.41, 5.74) is -1.02. The molecule has 22 heavy (non-hydrogen) atoms. The summed E-state index contributed by atoms with van der Waals surface area (Å²) in [6, 6.07) is 5.86. The van der Waals surface area contributed by atoms with Crippen molar-refractivity contribution in [2.45, 2.75) is 31.6 Å². The van der Waals surface area contributed by atoms with Crippen LogP contribution in [-0.4, -0.2) is 38.2 Å². The Bertz CT molecular complexity index is 662. The number of carbonyl (C=O) groups is 2. The van der Waals surface area contributed by atoms with Gasteiger partial charge in [0.25, 0.3) is 5.91 Å². The number of aliphatic carboxylic acids is 1. The van der Waals surface area contributed by atoms with Gasteiger partial charge in [-0.3, -0.25) is 9.59 Å². The Hall–Kier alpha value is -1.89. The number of amides is 1. The van der Waals surface area contributed by atoms with Crippen molar-refractivity contribution < 1.29 is 23.1 Å². The zero-order valence-corrected chi connectivity index (χ0v) is 13.7. The van der Waals surface area contributed by atoms with Crippen LogP contribution in [0.2, 0.25) is 0 Å². The Morgan fingerprint density at radius 3 is 2.18 bits per heavy atom. The van der Waals surface area contributed by atoms with Gasteiger partial charge in [0, 0.05) is 12.8 Å². The van der Waals surface area contributed by atoms with Gasteiger partial charge in [0.2, 0.25) is 0 Å². The van der Waals surface area contributed by atoms with E-state index in [-0.39, 0.29) is 17.0 Å². The van der Waals surface area contributed by atoms with E-state index in [1.807, 2.05) is 0 Å². The molecule has 6 nitrogen and oxygen atoms in total. The Morgan fingerprint density at radius 1 is 1.18 bits per heavy atom. The summed E-state index contributed by atoms with van der Waals surface area (Å²) in [7, 11) is -3.54. The van der Waals surface area contributed by atoms with E-state index in [2.05, 4.69) is 5.32 Å². The van der Waals surface area contributed by atoms with Crippen LogP contribution in [0.15, 0.2) is 29.2 Å². The lowest BCUT2D eigenvalue weighted by molar-refractivity contribution is -0.149. The number of nitrogens with one attached hydrogen (secondary N) is 1. The number of carboxylic acids is 1. The summed E-state index contributed by atoms with van der Waals surface area (Å²) in [5.74, 6) is -1.57. The standard InChI is InChI=1S/C15H21NO5S/c1-4-15(5-2,14(18)19)10-16-13(17)11-8-6-7-9-12(11)22(3,20)21/h6-9H,4-5,10H2,1-3H3,(H,16,17)(H,18,19). The number of hydrogen-bond acceptors (Lipinski definition) is 4. The molecule has 0 heterocycles. The molecule has 0 aromatic heterocycles. The molecule has 2 N–H and O–H groups in total. The first-order valence-corrected chi connectivity index (χ1v) is 8.87. The van der Waals surface area contributed by atoms with Crippen LogP contribution in [0.5, 0.6) is 0 Å². The van der Waals surface area contributed by atoms with Crippen LogP contribution in [0, 0.1) is 5.41 Å². The van der Waals surface area contributed by atoms with E-state index in [0.29, 0.717) is 12.8 Å². The molecule has 0 spiro atoms. The number of benzene rings is 1. The maximum atomic E-state index is 12.2. The van der Waals surface area contributed by atoms with Gasteiger partial charge in [0.15, 0.2) is 9.84 Å². The minimum Gasteiger partial charge on any atom is -0.481 e. The van der Waals surface area contributed by atoms with Crippen LogP contribution in [0.25, 0.3) is 0 Å². The predicted octanol–water partition coefficient (Wildman–Crippen LogP) is 1.71. The third kappa shape index (κ3) is 3.85. The smallest absolute Gasteiger partial charge is 0.311 e. The van der Waals surface area contributed by atoms with E-state index in [1.54, 1.807) is 19.9 Å². The van der Waals surface area contributed by atoms with Gasteiger partial charge in [-0.05, 0) is 25.0 Å². The molecule has 0 saturated heterocycles. The monoisotopic (exact) mass is 327 g/mol. The second kappa shape index (κ2) is 6.91. The lowest BCUT2D eigenvalue weighted by Crippen LogP contribution is -2.42. The number of carboxylic acid groups (broad SMARTS) is 1. The first-order chi connectivity index (χ1) is 10.2. The average Bonchev–Trinajstić information content (AvgIpc) is 2.47. The molecule has 0 aliphatic heterocycles. The van der Waals surface area contributed by atoms with Crippen molar-refractivity contribution in [1.82, 2.24) is 5.32 Å². The number of hydrogen-bond donors (Lipinski definition) is 2. The molecule has 7 heteroatoms. The van der Waals surface area contributed by atoms with E-state index in [9.17, 15) is 23.1 Å². The molecule has 0 saturated carbocycles. The van der Waals surface area contributed by atoms with Crippen LogP contribution in [0.3, 0.4) is 0 Å². The van der Waals surface area contributed by atoms with Crippen LogP contribution < -0.4 is 5.32 Å². The third-order valence-electron chi connectivity index (χ3n) is 3.93. The fourth-order valence-corrected chi connectivity index (χ4v) is 3.09. The van der Waals surface area contributed by atoms with Crippen molar-refractivity contribution in [3.8, 4) is 0 Å². The SMILES string of the molecule is CCC(CC)(CNC(=O)c1ccccc1S(C)(=O)=O)C(=O)O. The molecule has 1 rings (SSSR count). The van der Waals surface area contributed by atoms with Crippen LogP contribution in [-0.2, 0) is 14.6 Å². The van der Waals surface area contributed by atoms with E-state index in [4.69, 9.17) is 0 Å². The van der Waals surface area contributed by atoms with Crippen molar-refractivity contribution in [2.75, 3.05) is 12.8 Å². The Labute approximate surface area is 130 Å². The van der Waals surface area contributed by atoms with E-state index in [0.717, 1.165) is 6.26 Å². The fourth-order valence-electron chi connectivity index (χ4n) is 2.20.